The van der Waals surface area contributed by atoms with Crippen molar-refractivity contribution in [2.75, 3.05) is 13.2 Å². The first-order chi connectivity index (χ1) is 9.16. The molecule has 19 heavy (non-hydrogen) atoms. The monoisotopic (exact) mass is 328 g/mol. The van der Waals surface area contributed by atoms with Crippen LogP contribution >= 0.6 is 15.9 Å². The van der Waals surface area contributed by atoms with Crippen LogP contribution in [-0.2, 0) is 4.74 Å². The second-order valence-electron chi connectivity index (χ2n) is 4.98. The van der Waals surface area contributed by atoms with Crippen LogP contribution in [0.1, 0.15) is 44.3 Å². The second kappa shape index (κ2) is 7.27. The molecule has 0 radical (unpaired) electrons. The Morgan fingerprint density at radius 3 is 3.05 bits per heavy atom. The quantitative estimate of drug-likeness (QED) is 0.806. The van der Waals surface area contributed by atoms with Crippen molar-refractivity contribution in [3.05, 3.63) is 28.2 Å². The van der Waals surface area contributed by atoms with E-state index in [1.54, 1.807) is 6.92 Å². The maximum Gasteiger partial charge on any atom is 0.126 e. The standard InChI is InChI=1S/C15H21BrO3/c1-11(17)14-7-6-12(16)10-15(14)19-9-3-5-13-4-2-8-18-13/h6-7,10-11,13,17H,2-5,8-9H2,1H3/t11-,13?/m0/s1. The number of aliphatic hydroxyl groups excluding tert-OH is 1. The van der Waals surface area contributed by atoms with Gasteiger partial charge in [-0.15, -0.1) is 0 Å². The first kappa shape index (κ1) is 14.8. The first-order valence-corrected chi connectivity index (χ1v) is 7.68. The number of halogens is 1. The molecule has 2 rings (SSSR count). The number of rotatable bonds is 6. The highest BCUT2D eigenvalue weighted by atomic mass is 79.9. The fourth-order valence-electron chi connectivity index (χ4n) is 2.34. The van der Waals surface area contributed by atoms with Crippen molar-refractivity contribution in [2.24, 2.45) is 0 Å². The van der Waals surface area contributed by atoms with Gasteiger partial charge in [0, 0.05) is 16.6 Å². The molecule has 1 saturated heterocycles. The van der Waals surface area contributed by atoms with Crippen molar-refractivity contribution in [1.82, 2.24) is 0 Å². The van der Waals surface area contributed by atoms with Crippen molar-refractivity contribution in [3.8, 4) is 5.75 Å². The summed E-state index contributed by atoms with van der Waals surface area (Å²) in [6.45, 7) is 3.32. The molecule has 0 amide bonds. The summed E-state index contributed by atoms with van der Waals surface area (Å²) >= 11 is 3.43. The lowest BCUT2D eigenvalue weighted by molar-refractivity contribution is 0.0978. The van der Waals surface area contributed by atoms with E-state index in [-0.39, 0.29) is 0 Å². The molecule has 3 nitrogen and oxygen atoms in total. The summed E-state index contributed by atoms with van der Waals surface area (Å²) in [5, 5.41) is 9.71. The van der Waals surface area contributed by atoms with Gasteiger partial charge in [-0.2, -0.15) is 0 Å². The van der Waals surface area contributed by atoms with Crippen molar-refractivity contribution >= 4 is 15.9 Å². The van der Waals surface area contributed by atoms with Crippen LogP contribution in [0.15, 0.2) is 22.7 Å². The Kier molecular flexibility index (Phi) is 5.67. The van der Waals surface area contributed by atoms with Gasteiger partial charge in [0.15, 0.2) is 0 Å². The molecule has 1 N–H and O–H groups in total. The number of hydrogen-bond donors (Lipinski definition) is 1. The maximum absolute atomic E-state index is 9.71. The molecule has 1 aromatic carbocycles. The SMILES string of the molecule is C[C@H](O)c1ccc(Br)cc1OCCCC1CCCO1. The van der Waals surface area contributed by atoms with Crippen LogP contribution < -0.4 is 4.74 Å². The molecule has 2 atom stereocenters. The summed E-state index contributed by atoms with van der Waals surface area (Å²) in [4.78, 5) is 0. The minimum Gasteiger partial charge on any atom is -0.493 e. The van der Waals surface area contributed by atoms with Crippen molar-refractivity contribution in [1.29, 1.82) is 0 Å². The molecule has 0 aliphatic carbocycles. The lowest BCUT2D eigenvalue weighted by Gasteiger charge is -2.15. The van der Waals surface area contributed by atoms with Gasteiger partial charge < -0.3 is 14.6 Å². The smallest absolute Gasteiger partial charge is 0.126 e. The topological polar surface area (TPSA) is 38.7 Å². The highest BCUT2D eigenvalue weighted by Gasteiger charge is 2.15. The molecule has 1 heterocycles. The number of ether oxygens (including phenoxy) is 2. The third-order valence-electron chi connectivity index (χ3n) is 3.38. The van der Waals surface area contributed by atoms with E-state index >= 15 is 0 Å². The molecule has 1 unspecified atom stereocenters. The summed E-state index contributed by atoms with van der Waals surface area (Å²) in [6, 6.07) is 5.72. The zero-order valence-electron chi connectivity index (χ0n) is 11.3. The van der Waals surface area contributed by atoms with Crippen LogP contribution in [0.25, 0.3) is 0 Å². The molecule has 0 spiro atoms. The molecule has 4 heteroatoms. The molecule has 1 aromatic rings. The lowest BCUT2D eigenvalue weighted by Crippen LogP contribution is -2.08. The number of aliphatic hydroxyl groups is 1. The molecule has 1 aliphatic rings. The first-order valence-electron chi connectivity index (χ1n) is 6.88. The predicted molar refractivity (Wildman–Crippen MR) is 78.5 cm³/mol. The van der Waals surface area contributed by atoms with Gasteiger partial charge in [-0.3, -0.25) is 0 Å². The van der Waals surface area contributed by atoms with E-state index in [1.807, 2.05) is 18.2 Å². The Morgan fingerprint density at radius 2 is 2.37 bits per heavy atom. The number of hydrogen-bond acceptors (Lipinski definition) is 3. The Balaban J connectivity index is 1.82. The van der Waals surface area contributed by atoms with Crippen LogP contribution in [0.4, 0.5) is 0 Å². The Morgan fingerprint density at radius 1 is 1.53 bits per heavy atom. The Hall–Kier alpha value is -0.580. The Bertz CT molecular complexity index is 400. The summed E-state index contributed by atoms with van der Waals surface area (Å²) in [6.07, 6.45) is 4.30. The van der Waals surface area contributed by atoms with Gasteiger partial charge in [0.05, 0.1) is 18.8 Å². The van der Waals surface area contributed by atoms with Crippen LogP contribution in [0, 0.1) is 0 Å². The maximum atomic E-state index is 9.71. The summed E-state index contributed by atoms with van der Waals surface area (Å²) in [5.74, 6) is 0.761. The zero-order valence-corrected chi connectivity index (χ0v) is 12.9. The molecular formula is C15H21BrO3. The Labute approximate surface area is 123 Å². The van der Waals surface area contributed by atoms with E-state index in [4.69, 9.17) is 9.47 Å². The molecule has 1 aliphatic heterocycles. The fourth-order valence-corrected chi connectivity index (χ4v) is 2.68. The molecule has 1 fully saturated rings. The van der Waals surface area contributed by atoms with Gasteiger partial charge in [0.25, 0.3) is 0 Å². The van der Waals surface area contributed by atoms with Crippen molar-refractivity contribution in [2.45, 2.75) is 44.8 Å². The molecule has 0 saturated carbocycles. The average molecular weight is 329 g/mol. The largest absolute Gasteiger partial charge is 0.493 e. The van der Waals surface area contributed by atoms with E-state index in [9.17, 15) is 5.11 Å². The van der Waals surface area contributed by atoms with Gasteiger partial charge in [0.2, 0.25) is 0 Å². The van der Waals surface area contributed by atoms with E-state index < -0.39 is 6.10 Å². The van der Waals surface area contributed by atoms with Crippen molar-refractivity contribution < 1.29 is 14.6 Å². The summed E-state index contributed by atoms with van der Waals surface area (Å²) < 4.78 is 12.3. The van der Waals surface area contributed by atoms with Crippen LogP contribution in [0.2, 0.25) is 0 Å². The van der Waals surface area contributed by atoms with E-state index in [2.05, 4.69) is 15.9 Å². The van der Waals surface area contributed by atoms with E-state index in [1.165, 1.54) is 12.8 Å². The normalized spacial score (nSPS) is 20.5. The van der Waals surface area contributed by atoms with Gasteiger partial charge in [-0.25, -0.2) is 0 Å². The van der Waals surface area contributed by atoms with E-state index in [0.29, 0.717) is 12.7 Å². The van der Waals surface area contributed by atoms with Crippen molar-refractivity contribution in [3.63, 3.8) is 0 Å². The van der Waals surface area contributed by atoms with Gasteiger partial charge in [-0.1, -0.05) is 22.0 Å². The third kappa shape index (κ3) is 4.48. The van der Waals surface area contributed by atoms with E-state index in [0.717, 1.165) is 35.2 Å². The minimum absolute atomic E-state index is 0.419. The molecular weight excluding hydrogens is 308 g/mol. The minimum atomic E-state index is -0.513. The van der Waals surface area contributed by atoms with Crippen LogP contribution in [-0.4, -0.2) is 24.4 Å². The highest BCUT2D eigenvalue weighted by molar-refractivity contribution is 9.10. The fraction of sp³-hybridized carbons (Fsp3) is 0.600. The van der Waals surface area contributed by atoms with Gasteiger partial charge >= 0.3 is 0 Å². The van der Waals surface area contributed by atoms with Crippen LogP contribution in [0.5, 0.6) is 5.75 Å². The molecule has 106 valence electrons. The summed E-state index contributed by atoms with van der Waals surface area (Å²) in [7, 11) is 0. The summed E-state index contributed by atoms with van der Waals surface area (Å²) in [5.41, 5.74) is 0.834. The van der Waals surface area contributed by atoms with Gasteiger partial charge in [-0.05, 0) is 44.7 Å². The van der Waals surface area contributed by atoms with Crippen LogP contribution in [0.3, 0.4) is 0 Å². The molecule has 0 aromatic heterocycles. The lowest BCUT2D eigenvalue weighted by atomic mass is 10.1. The molecule has 0 bridgehead atoms. The van der Waals surface area contributed by atoms with Gasteiger partial charge in [0.1, 0.15) is 5.75 Å². The average Bonchev–Trinajstić information content (AvgIpc) is 2.87. The predicted octanol–water partition coefficient (Wildman–Crippen LogP) is 3.84. The number of benzene rings is 1. The second-order valence-corrected chi connectivity index (χ2v) is 5.90. The zero-order chi connectivity index (χ0) is 13.7. The third-order valence-corrected chi connectivity index (χ3v) is 3.87. The highest BCUT2D eigenvalue weighted by Crippen LogP contribution is 2.29.